The molecule has 0 unspecified atom stereocenters. The molecule has 150 valence electrons. The van der Waals surface area contributed by atoms with E-state index in [0.717, 1.165) is 21.6 Å². The predicted octanol–water partition coefficient (Wildman–Crippen LogP) is 3.69. The number of ketones is 1. The molecule has 0 saturated carbocycles. The standard InChI is InChI=1S/C23H23NO5/c1-13-11-15(3)19(12-14(13)2)22(27)16(4)29-23(28)17-5-7-18(8-6-17)24-20(25)9-10-21(24)26/h5-8,11-12,16H,9-10H2,1-4H3/t16-/m0/s1. The van der Waals surface area contributed by atoms with Crippen LogP contribution in [0.2, 0.25) is 0 Å². The molecule has 1 fully saturated rings. The van der Waals surface area contributed by atoms with E-state index in [1.165, 1.54) is 24.3 Å². The van der Waals surface area contributed by atoms with E-state index in [1.807, 2.05) is 32.9 Å². The first-order valence-electron chi connectivity index (χ1n) is 9.48. The van der Waals surface area contributed by atoms with Crippen LogP contribution in [-0.2, 0) is 14.3 Å². The van der Waals surface area contributed by atoms with Gasteiger partial charge in [0.1, 0.15) is 0 Å². The van der Waals surface area contributed by atoms with Crippen molar-refractivity contribution in [3.63, 3.8) is 0 Å². The van der Waals surface area contributed by atoms with Gasteiger partial charge >= 0.3 is 5.97 Å². The van der Waals surface area contributed by atoms with Crippen molar-refractivity contribution in [3.8, 4) is 0 Å². The van der Waals surface area contributed by atoms with E-state index in [1.54, 1.807) is 6.92 Å². The fourth-order valence-corrected chi connectivity index (χ4v) is 3.34. The summed E-state index contributed by atoms with van der Waals surface area (Å²) in [5.41, 5.74) is 4.13. The highest BCUT2D eigenvalue weighted by atomic mass is 16.5. The molecule has 1 heterocycles. The summed E-state index contributed by atoms with van der Waals surface area (Å²) in [5.74, 6) is -1.41. The maximum atomic E-state index is 12.7. The number of rotatable bonds is 5. The Balaban J connectivity index is 1.71. The van der Waals surface area contributed by atoms with Gasteiger partial charge in [-0.3, -0.25) is 19.3 Å². The Bertz CT molecular complexity index is 991. The molecule has 0 N–H and O–H groups in total. The summed E-state index contributed by atoms with van der Waals surface area (Å²) in [7, 11) is 0. The largest absolute Gasteiger partial charge is 0.451 e. The minimum atomic E-state index is -0.940. The van der Waals surface area contributed by atoms with Gasteiger partial charge in [-0.2, -0.15) is 0 Å². The van der Waals surface area contributed by atoms with Gasteiger partial charge in [-0.25, -0.2) is 4.79 Å². The van der Waals surface area contributed by atoms with Gasteiger partial charge in [-0.15, -0.1) is 0 Å². The van der Waals surface area contributed by atoms with Crippen LogP contribution in [0.4, 0.5) is 5.69 Å². The van der Waals surface area contributed by atoms with Crippen molar-refractivity contribution in [1.29, 1.82) is 0 Å². The first-order chi connectivity index (χ1) is 13.7. The third kappa shape index (κ3) is 4.11. The molecular weight excluding hydrogens is 370 g/mol. The molecule has 0 bridgehead atoms. The van der Waals surface area contributed by atoms with Crippen molar-refractivity contribution >= 4 is 29.3 Å². The van der Waals surface area contributed by atoms with E-state index in [9.17, 15) is 19.2 Å². The minimum Gasteiger partial charge on any atom is -0.451 e. The Morgan fingerprint density at radius 2 is 1.45 bits per heavy atom. The molecule has 6 heteroatoms. The lowest BCUT2D eigenvalue weighted by Crippen LogP contribution is -2.28. The number of Topliss-reactive ketones (excluding diaryl/α,β-unsaturated/α-hetero) is 1. The van der Waals surface area contributed by atoms with Gasteiger partial charge in [0.05, 0.1) is 11.3 Å². The number of nitrogens with zero attached hydrogens (tertiary/aromatic N) is 1. The second kappa shape index (κ2) is 7.99. The van der Waals surface area contributed by atoms with E-state index in [-0.39, 0.29) is 36.0 Å². The molecule has 0 aliphatic carbocycles. The average Bonchev–Trinajstić information content (AvgIpc) is 3.02. The maximum absolute atomic E-state index is 12.7. The van der Waals surface area contributed by atoms with Gasteiger partial charge in [-0.05, 0) is 74.7 Å². The summed E-state index contributed by atoms with van der Waals surface area (Å²) in [4.78, 5) is 49.9. The Labute approximate surface area is 169 Å². The number of ether oxygens (including phenoxy) is 1. The van der Waals surface area contributed by atoms with E-state index in [0.29, 0.717) is 11.3 Å². The normalized spacial score (nSPS) is 14.8. The number of esters is 1. The number of amides is 2. The molecule has 1 saturated heterocycles. The zero-order valence-corrected chi connectivity index (χ0v) is 16.9. The van der Waals surface area contributed by atoms with E-state index < -0.39 is 12.1 Å². The maximum Gasteiger partial charge on any atom is 0.338 e. The summed E-state index contributed by atoms with van der Waals surface area (Å²) in [6, 6.07) is 9.77. The third-order valence-corrected chi connectivity index (χ3v) is 5.17. The lowest BCUT2D eigenvalue weighted by Gasteiger charge is -2.16. The number of carbonyl (C=O) groups excluding carboxylic acids is 4. The average molecular weight is 393 g/mol. The topological polar surface area (TPSA) is 80.8 Å². The molecule has 2 aromatic rings. The van der Waals surface area contributed by atoms with Crippen LogP contribution in [-0.4, -0.2) is 29.7 Å². The molecule has 29 heavy (non-hydrogen) atoms. The number of benzene rings is 2. The summed E-state index contributed by atoms with van der Waals surface area (Å²) >= 11 is 0. The molecule has 1 aliphatic heterocycles. The fourth-order valence-electron chi connectivity index (χ4n) is 3.34. The van der Waals surface area contributed by atoms with Gasteiger partial charge < -0.3 is 4.74 Å². The summed E-state index contributed by atoms with van der Waals surface area (Å²) in [5, 5.41) is 0. The van der Waals surface area contributed by atoms with Crippen LogP contribution < -0.4 is 4.90 Å². The van der Waals surface area contributed by atoms with Gasteiger partial charge in [0.2, 0.25) is 17.6 Å². The molecular formula is C23H23NO5. The number of hydrogen-bond donors (Lipinski definition) is 0. The number of hydrogen-bond acceptors (Lipinski definition) is 5. The second-order valence-electron chi connectivity index (χ2n) is 7.33. The molecule has 6 nitrogen and oxygen atoms in total. The first kappa shape index (κ1) is 20.5. The third-order valence-electron chi connectivity index (χ3n) is 5.17. The number of carbonyl (C=O) groups is 4. The van der Waals surface area contributed by atoms with Crippen LogP contribution in [0.3, 0.4) is 0 Å². The van der Waals surface area contributed by atoms with Crippen molar-refractivity contribution < 1.29 is 23.9 Å². The summed E-state index contributed by atoms with van der Waals surface area (Å²) in [6.07, 6.45) is -0.551. The summed E-state index contributed by atoms with van der Waals surface area (Å²) in [6.45, 7) is 7.31. The highest BCUT2D eigenvalue weighted by Gasteiger charge is 2.30. The molecule has 0 aromatic heterocycles. The van der Waals surface area contributed by atoms with Gasteiger partial charge in [0, 0.05) is 18.4 Å². The molecule has 0 spiro atoms. The van der Waals surface area contributed by atoms with Crippen LogP contribution in [0.1, 0.15) is 57.2 Å². The van der Waals surface area contributed by atoms with Crippen molar-refractivity contribution in [2.45, 2.75) is 46.6 Å². The Kier molecular flexibility index (Phi) is 5.64. The molecule has 2 amide bonds. The zero-order chi connectivity index (χ0) is 21.3. The zero-order valence-electron chi connectivity index (χ0n) is 16.9. The predicted molar refractivity (Wildman–Crippen MR) is 108 cm³/mol. The minimum absolute atomic E-state index is 0.195. The molecule has 1 atom stereocenters. The van der Waals surface area contributed by atoms with Crippen LogP contribution in [0.25, 0.3) is 0 Å². The Morgan fingerprint density at radius 1 is 0.897 bits per heavy atom. The highest BCUT2D eigenvalue weighted by molar-refractivity contribution is 6.19. The monoisotopic (exact) mass is 393 g/mol. The van der Waals surface area contributed by atoms with Crippen LogP contribution in [0.5, 0.6) is 0 Å². The van der Waals surface area contributed by atoms with Crippen LogP contribution >= 0.6 is 0 Å². The molecule has 0 radical (unpaired) electrons. The molecule has 1 aliphatic rings. The lowest BCUT2D eigenvalue weighted by atomic mass is 9.96. The van der Waals surface area contributed by atoms with Crippen molar-refractivity contribution in [1.82, 2.24) is 0 Å². The van der Waals surface area contributed by atoms with Gasteiger partial charge in [-0.1, -0.05) is 6.07 Å². The molecule has 3 rings (SSSR count). The first-order valence-corrected chi connectivity index (χ1v) is 9.48. The van der Waals surface area contributed by atoms with Gasteiger partial charge in [0.25, 0.3) is 0 Å². The SMILES string of the molecule is Cc1cc(C)c(C(=O)[C@H](C)OC(=O)c2ccc(N3C(=O)CCC3=O)cc2)cc1C. The smallest absolute Gasteiger partial charge is 0.338 e. The van der Waals surface area contributed by atoms with Gasteiger partial charge in [0.15, 0.2) is 6.10 Å². The number of aryl methyl sites for hydroxylation is 3. The van der Waals surface area contributed by atoms with E-state index >= 15 is 0 Å². The van der Waals surface area contributed by atoms with Crippen LogP contribution in [0, 0.1) is 20.8 Å². The van der Waals surface area contributed by atoms with Crippen LogP contribution in [0.15, 0.2) is 36.4 Å². The molecule has 2 aromatic carbocycles. The highest BCUT2D eigenvalue weighted by Crippen LogP contribution is 2.23. The number of imide groups is 1. The van der Waals surface area contributed by atoms with Crippen molar-refractivity contribution in [3.05, 3.63) is 64.2 Å². The van der Waals surface area contributed by atoms with E-state index in [4.69, 9.17) is 4.74 Å². The van der Waals surface area contributed by atoms with Crippen molar-refractivity contribution in [2.24, 2.45) is 0 Å². The van der Waals surface area contributed by atoms with Crippen molar-refractivity contribution in [2.75, 3.05) is 4.90 Å². The summed E-state index contributed by atoms with van der Waals surface area (Å²) < 4.78 is 5.35. The fraction of sp³-hybridized carbons (Fsp3) is 0.304. The second-order valence-corrected chi connectivity index (χ2v) is 7.33. The number of anilines is 1. The Hall–Kier alpha value is -3.28. The lowest BCUT2D eigenvalue weighted by molar-refractivity contribution is -0.121. The van der Waals surface area contributed by atoms with E-state index in [2.05, 4.69) is 0 Å². The Morgan fingerprint density at radius 3 is 2.03 bits per heavy atom. The quantitative estimate of drug-likeness (QED) is 0.440.